The summed E-state index contributed by atoms with van der Waals surface area (Å²) in [4.78, 5) is 32.9. The maximum atomic E-state index is 14.1. The van der Waals surface area contributed by atoms with Gasteiger partial charge in [-0.1, -0.05) is 49.3 Å². The summed E-state index contributed by atoms with van der Waals surface area (Å²) in [7, 11) is 0. The maximum absolute atomic E-state index is 14.1. The van der Waals surface area contributed by atoms with E-state index >= 15 is 0 Å². The highest BCUT2D eigenvalue weighted by atomic mass is 35.5. The van der Waals surface area contributed by atoms with Crippen LogP contribution in [0.4, 0.5) is 10.1 Å². The predicted molar refractivity (Wildman–Crippen MR) is 134 cm³/mol. The minimum absolute atomic E-state index is 0.0555. The molecule has 0 radical (unpaired) electrons. The Labute approximate surface area is 202 Å². The maximum Gasteiger partial charge on any atom is 0.262 e. The lowest BCUT2D eigenvalue weighted by molar-refractivity contribution is -0.115. The first-order chi connectivity index (χ1) is 15.8. The zero-order valence-corrected chi connectivity index (χ0v) is 20.5. The number of carbonyl (C=O) groups excluding carboxylic acids is 1. The number of nitrogens with zero attached hydrogens (tertiary/aromatic N) is 3. The second-order valence-corrected chi connectivity index (χ2v) is 9.37. The monoisotopic (exact) mass is 490 g/mol. The van der Waals surface area contributed by atoms with E-state index in [1.54, 1.807) is 23.6 Å². The Morgan fingerprint density at radius 3 is 2.67 bits per heavy atom. The lowest BCUT2D eigenvalue weighted by atomic mass is 10.2. The Kier molecular flexibility index (Phi) is 8.88. The van der Waals surface area contributed by atoms with Gasteiger partial charge < -0.3 is 10.2 Å². The van der Waals surface area contributed by atoms with Crippen LogP contribution >= 0.6 is 23.4 Å². The van der Waals surface area contributed by atoms with Gasteiger partial charge >= 0.3 is 0 Å². The van der Waals surface area contributed by atoms with E-state index in [0.29, 0.717) is 22.6 Å². The van der Waals surface area contributed by atoms with Gasteiger partial charge in [0.15, 0.2) is 5.16 Å². The number of nitrogens with one attached hydrogen (secondary N) is 1. The molecule has 1 heterocycles. The molecule has 9 heteroatoms. The third-order valence-corrected chi connectivity index (χ3v) is 6.74. The summed E-state index contributed by atoms with van der Waals surface area (Å²) in [5.74, 6) is -0.997. The summed E-state index contributed by atoms with van der Waals surface area (Å²) >= 11 is 6.97. The summed E-state index contributed by atoms with van der Waals surface area (Å²) in [5.41, 5.74) is 0.514. The van der Waals surface area contributed by atoms with Crippen LogP contribution in [0.3, 0.4) is 0 Å². The van der Waals surface area contributed by atoms with Gasteiger partial charge in [0.05, 0.1) is 21.8 Å². The highest BCUT2D eigenvalue weighted by Gasteiger charge is 2.20. The third-order valence-electron chi connectivity index (χ3n) is 5.42. The van der Waals surface area contributed by atoms with Crippen molar-refractivity contribution in [2.24, 2.45) is 0 Å². The fourth-order valence-electron chi connectivity index (χ4n) is 3.46. The molecule has 3 rings (SSSR count). The molecule has 0 saturated carbocycles. The number of thioether (sulfide) groups is 1. The van der Waals surface area contributed by atoms with Crippen LogP contribution in [-0.2, 0) is 11.3 Å². The van der Waals surface area contributed by atoms with Crippen molar-refractivity contribution >= 4 is 45.9 Å². The van der Waals surface area contributed by atoms with E-state index in [1.807, 2.05) is 12.1 Å². The Morgan fingerprint density at radius 2 is 1.97 bits per heavy atom. The number of benzene rings is 2. The van der Waals surface area contributed by atoms with Crippen LogP contribution in [0.2, 0.25) is 5.02 Å². The molecule has 0 aliphatic carbocycles. The molecule has 0 saturated heterocycles. The molecule has 1 aromatic heterocycles. The molecule has 0 bridgehead atoms. The molecule has 176 valence electrons. The lowest BCUT2D eigenvalue weighted by Crippen LogP contribution is -2.29. The Hall–Kier alpha value is -2.42. The van der Waals surface area contributed by atoms with E-state index in [1.165, 1.54) is 23.9 Å². The summed E-state index contributed by atoms with van der Waals surface area (Å²) in [5, 5.41) is 3.25. The SMILES string of the molecule is CCN(CC)CCCn1c(S[C@H](C)C(=O)Nc2ccc(Cl)cc2F)nc2ccccc2c1=O. The van der Waals surface area contributed by atoms with Crippen molar-refractivity contribution in [2.45, 2.75) is 44.1 Å². The molecule has 0 aliphatic heterocycles. The second kappa shape index (κ2) is 11.6. The lowest BCUT2D eigenvalue weighted by Gasteiger charge is -2.20. The van der Waals surface area contributed by atoms with Gasteiger partial charge in [-0.25, -0.2) is 9.37 Å². The van der Waals surface area contributed by atoms with Crippen molar-refractivity contribution in [1.29, 1.82) is 0 Å². The van der Waals surface area contributed by atoms with Crippen LogP contribution in [-0.4, -0.2) is 45.2 Å². The van der Waals surface area contributed by atoms with Gasteiger partial charge in [-0.2, -0.15) is 0 Å². The first kappa shape index (κ1) is 25.2. The van der Waals surface area contributed by atoms with E-state index in [2.05, 4.69) is 29.0 Å². The standard InChI is InChI=1S/C24H28ClFN4O2S/c1-4-29(5-2)13-8-14-30-23(32)18-9-6-7-10-20(18)28-24(30)33-16(3)22(31)27-21-12-11-17(25)15-19(21)26/h6-7,9-12,15-16H,4-5,8,13-14H2,1-3H3,(H,27,31)/t16-/m1/s1. The molecular weight excluding hydrogens is 463 g/mol. The molecule has 0 aliphatic rings. The van der Waals surface area contributed by atoms with E-state index < -0.39 is 17.0 Å². The van der Waals surface area contributed by atoms with E-state index in [9.17, 15) is 14.0 Å². The Morgan fingerprint density at radius 1 is 1.24 bits per heavy atom. The second-order valence-electron chi connectivity index (χ2n) is 7.62. The highest BCUT2D eigenvalue weighted by molar-refractivity contribution is 8.00. The average molecular weight is 491 g/mol. The van der Waals surface area contributed by atoms with Gasteiger partial charge in [-0.3, -0.25) is 14.2 Å². The number of fused-ring (bicyclic) bond motifs is 1. The zero-order valence-electron chi connectivity index (χ0n) is 19.0. The summed E-state index contributed by atoms with van der Waals surface area (Å²) in [6.45, 7) is 9.17. The summed E-state index contributed by atoms with van der Waals surface area (Å²) in [6, 6.07) is 11.3. The third kappa shape index (κ3) is 6.34. The van der Waals surface area contributed by atoms with E-state index in [4.69, 9.17) is 11.6 Å². The summed E-state index contributed by atoms with van der Waals surface area (Å²) in [6.07, 6.45) is 0.783. The first-order valence-corrected chi connectivity index (χ1v) is 12.2. The number of hydrogen-bond acceptors (Lipinski definition) is 5. The molecule has 1 atom stereocenters. The zero-order chi connectivity index (χ0) is 24.0. The van der Waals surface area contributed by atoms with Gasteiger partial charge in [-0.05, 0) is 63.3 Å². The van der Waals surface area contributed by atoms with Gasteiger partial charge in [-0.15, -0.1) is 0 Å². The number of hydrogen-bond donors (Lipinski definition) is 1. The van der Waals surface area contributed by atoms with Gasteiger partial charge in [0, 0.05) is 11.6 Å². The molecule has 0 spiro atoms. The average Bonchev–Trinajstić information content (AvgIpc) is 2.80. The van der Waals surface area contributed by atoms with Gasteiger partial charge in [0.25, 0.3) is 5.56 Å². The normalized spacial score (nSPS) is 12.3. The van der Waals surface area contributed by atoms with Crippen molar-refractivity contribution in [3.05, 3.63) is 63.7 Å². The molecule has 1 amide bonds. The smallest absolute Gasteiger partial charge is 0.262 e. The molecule has 3 aromatic rings. The molecule has 0 fully saturated rings. The van der Waals surface area contributed by atoms with Crippen LogP contribution in [0.25, 0.3) is 10.9 Å². The number of para-hydroxylation sites is 1. The molecule has 2 aromatic carbocycles. The molecular formula is C24H28ClFN4O2S. The van der Waals surface area contributed by atoms with Crippen molar-refractivity contribution in [2.75, 3.05) is 25.0 Å². The van der Waals surface area contributed by atoms with Crippen molar-refractivity contribution < 1.29 is 9.18 Å². The van der Waals surface area contributed by atoms with Gasteiger partial charge in [0.1, 0.15) is 5.82 Å². The number of amides is 1. The van der Waals surface area contributed by atoms with Crippen LogP contribution in [0.1, 0.15) is 27.2 Å². The number of halogens is 2. The van der Waals surface area contributed by atoms with Crippen LogP contribution in [0, 0.1) is 5.82 Å². The predicted octanol–water partition coefficient (Wildman–Crippen LogP) is 5.04. The topological polar surface area (TPSA) is 67.2 Å². The van der Waals surface area contributed by atoms with Crippen LogP contribution < -0.4 is 10.9 Å². The first-order valence-electron chi connectivity index (χ1n) is 11.0. The number of rotatable bonds is 10. The number of anilines is 1. The summed E-state index contributed by atoms with van der Waals surface area (Å²) < 4.78 is 15.7. The molecule has 6 nitrogen and oxygen atoms in total. The minimum Gasteiger partial charge on any atom is -0.323 e. The van der Waals surface area contributed by atoms with Crippen molar-refractivity contribution in [3.8, 4) is 0 Å². The Bertz CT molecular complexity index is 1180. The van der Waals surface area contributed by atoms with Crippen molar-refractivity contribution in [1.82, 2.24) is 14.5 Å². The van der Waals surface area contributed by atoms with E-state index in [-0.39, 0.29) is 16.3 Å². The molecule has 1 N–H and O–H groups in total. The van der Waals surface area contributed by atoms with E-state index in [0.717, 1.165) is 32.1 Å². The highest BCUT2D eigenvalue weighted by Crippen LogP contribution is 2.25. The Balaban J connectivity index is 1.83. The quantitative estimate of drug-likeness (QED) is 0.318. The largest absolute Gasteiger partial charge is 0.323 e. The fraction of sp³-hybridized carbons (Fsp3) is 0.375. The fourth-order valence-corrected chi connectivity index (χ4v) is 4.56. The van der Waals surface area contributed by atoms with Gasteiger partial charge in [0.2, 0.25) is 5.91 Å². The van der Waals surface area contributed by atoms with Crippen molar-refractivity contribution in [3.63, 3.8) is 0 Å². The van der Waals surface area contributed by atoms with Crippen LogP contribution in [0.15, 0.2) is 52.4 Å². The number of carbonyl (C=O) groups is 1. The van der Waals surface area contributed by atoms with Crippen LogP contribution in [0.5, 0.6) is 0 Å². The number of aromatic nitrogens is 2. The minimum atomic E-state index is -0.609. The molecule has 0 unspecified atom stereocenters. The molecule has 33 heavy (non-hydrogen) atoms.